The van der Waals surface area contributed by atoms with Gasteiger partial charge in [-0.3, -0.25) is 0 Å². The largest absolute Gasteiger partial charge is 0.497 e. The van der Waals surface area contributed by atoms with Crippen LogP contribution in [0.15, 0.2) is 40.3 Å². The lowest BCUT2D eigenvalue weighted by atomic mass is 10.3. The fourth-order valence-corrected chi connectivity index (χ4v) is 2.41. The molecule has 0 fully saturated rings. The van der Waals surface area contributed by atoms with E-state index in [1.165, 1.54) is 0 Å². The smallest absolute Gasteiger partial charge is 0.131 e. The maximum absolute atomic E-state index is 5.15. The van der Waals surface area contributed by atoms with Gasteiger partial charge >= 0.3 is 0 Å². The molecule has 0 radical (unpaired) electrons. The number of hydrogen-bond acceptors (Lipinski definition) is 5. The molecule has 0 atom stereocenters. The van der Waals surface area contributed by atoms with Crippen LogP contribution in [0.3, 0.4) is 0 Å². The van der Waals surface area contributed by atoms with Crippen LogP contribution in [0.1, 0.15) is 12.7 Å². The zero-order valence-electron chi connectivity index (χ0n) is 11.3. The predicted molar refractivity (Wildman–Crippen MR) is 78.1 cm³/mol. The van der Waals surface area contributed by atoms with Gasteiger partial charge in [-0.05, 0) is 24.3 Å². The van der Waals surface area contributed by atoms with Crippen LogP contribution in [-0.4, -0.2) is 24.1 Å². The molecule has 2 rings (SSSR count). The molecule has 1 N–H and O–H groups in total. The summed E-state index contributed by atoms with van der Waals surface area (Å²) in [6.45, 7) is 2.05. The van der Waals surface area contributed by atoms with Crippen LogP contribution >= 0.6 is 11.8 Å². The molecule has 0 saturated heterocycles. The minimum atomic E-state index is 0.825. The van der Waals surface area contributed by atoms with Crippen molar-refractivity contribution < 1.29 is 4.74 Å². The number of ether oxygens (including phenoxy) is 1. The highest BCUT2D eigenvalue weighted by atomic mass is 32.2. The third-order valence-electron chi connectivity index (χ3n) is 2.60. The molecule has 0 aliphatic heterocycles. The molecule has 4 nitrogen and oxygen atoms in total. The van der Waals surface area contributed by atoms with Crippen molar-refractivity contribution in [2.24, 2.45) is 0 Å². The summed E-state index contributed by atoms with van der Waals surface area (Å²) >= 11 is 1.62. The molecule has 0 aliphatic rings. The topological polar surface area (TPSA) is 47.0 Å². The maximum atomic E-state index is 5.15. The average molecular weight is 275 g/mol. The Balaban J connectivity index is 2.21. The molecule has 0 saturated carbocycles. The van der Waals surface area contributed by atoms with Gasteiger partial charge in [-0.25, -0.2) is 9.97 Å². The summed E-state index contributed by atoms with van der Waals surface area (Å²) in [4.78, 5) is 10.0. The number of nitrogens with one attached hydrogen (secondary N) is 1. The molecule has 0 bridgehead atoms. The van der Waals surface area contributed by atoms with E-state index in [1.807, 2.05) is 37.4 Å². The van der Waals surface area contributed by atoms with E-state index in [2.05, 4.69) is 22.2 Å². The molecule has 1 heterocycles. The molecule has 0 amide bonds. The first-order valence-corrected chi connectivity index (χ1v) is 6.94. The van der Waals surface area contributed by atoms with Gasteiger partial charge in [0.2, 0.25) is 0 Å². The van der Waals surface area contributed by atoms with E-state index in [0.29, 0.717) is 0 Å². The van der Waals surface area contributed by atoms with Crippen molar-refractivity contribution in [2.75, 3.05) is 19.5 Å². The Labute approximate surface area is 117 Å². The summed E-state index contributed by atoms with van der Waals surface area (Å²) in [5, 5.41) is 4.01. The van der Waals surface area contributed by atoms with E-state index in [-0.39, 0.29) is 0 Å². The van der Waals surface area contributed by atoms with Crippen molar-refractivity contribution in [3.05, 3.63) is 36.2 Å². The minimum absolute atomic E-state index is 0.825. The van der Waals surface area contributed by atoms with E-state index in [0.717, 1.165) is 33.7 Å². The Bertz CT molecular complexity index is 521. The van der Waals surface area contributed by atoms with Gasteiger partial charge in [-0.1, -0.05) is 18.7 Å². The van der Waals surface area contributed by atoms with Crippen LogP contribution in [0.25, 0.3) is 0 Å². The van der Waals surface area contributed by atoms with Gasteiger partial charge in [-0.15, -0.1) is 0 Å². The molecule has 0 spiro atoms. The first-order valence-electron chi connectivity index (χ1n) is 6.12. The summed E-state index contributed by atoms with van der Waals surface area (Å²) < 4.78 is 5.15. The molecule has 2 aromatic rings. The Morgan fingerprint density at radius 3 is 2.53 bits per heavy atom. The van der Waals surface area contributed by atoms with Crippen molar-refractivity contribution >= 4 is 17.6 Å². The van der Waals surface area contributed by atoms with Gasteiger partial charge in [0.05, 0.1) is 7.11 Å². The van der Waals surface area contributed by atoms with Crippen LogP contribution in [0.2, 0.25) is 0 Å². The Morgan fingerprint density at radius 1 is 1.21 bits per heavy atom. The number of aryl methyl sites for hydroxylation is 1. The standard InChI is InChI=1S/C14H17N3OS/c1-4-12-16-13(15-2)9-14(17-12)19-11-7-5-10(18-3)6-8-11/h5-9H,4H2,1-3H3,(H,15,16,17). The highest BCUT2D eigenvalue weighted by Crippen LogP contribution is 2.28. The molecular weight excluding hydrogens is 258 g/mol. The SMILES string of the molecule is CCc1nc(NC)cc(Sc2ccc(OC)cc2)n1. The van der Waals surface area contributed by atoms with Crippen LogP contribution in [0, 0.1) is 0 Å². The summed E-state index contributed by atoms with van der Waals surface area (Å²) in [7, 11) is 3.53. The van der Waals surface area contributed by atoms with E-state index in [1.54, 1.807) is 18.9 Å². The third-order valence-corrected chi connectivity index (χ3v) is 3.53. The number of nitrogens with zero attached hydrogens (tertiary/aromatic N) is 2. The molecule has 0 aliphatic carbocycles. The van der Waals surface area contributed by atoms with Gasteiger partial charge in [0.25, 0.3) is 0 Å². The minimum Gasteiger partial charge on any atom is -0.497 e. The normalized spacial score (nSPS) is 10.3. The van der Waals surface area contributed by atoms with Gasteiger partial charge in [0.1, 0.15) is 22.4 Å². The number of aromatic nitrogens is 2. The third kappa shape index (κ3) is 3.61. The van der Waals surface area contributed by atoms with Gasteiger partial charge in [0.15, 0.2) is 0 Å². The number of methoxy groups -OCH3 is 1. The Morgan fingerprint density at radius 2 is 1.95 bits per heavy atom. The van der Waals surface area contributed by atoms with Crippen molar-refractivity contribution in [3.63, 3.8) is 0 Å². The fraction of sp³-hybridized carbons (Fsp3) is 0.286. The molecule has 5 heteroatoms. The van der Waals surface area contributed by atoms with Crippen molar-refractivity contribution in [1.29, 1.82) is 0 Å². The average Bonchev–Trinajstić information content (AvgIpc) is 2.47. The zero-order chi connectivity index (χ0) is 13.7. The quantitative estimate of drug-likeness (QED) is 0.849. The number of hydrogen-bond donors (Lipinski definition) is 1. The van der Waals surface area contributed by atoms with Crippen molar-refractivity contribution in [1.82, 2.24) is 9.97 Å². The zero-order valence-corrected chi connectivity index (χ0v) is 12.1. The Kier molecular flexibility index (Phi) is 4.63. The number of anilines is 1. The lowest BCUT2D eigenvalue weighted by Gasteiger charge is -2.07. The first-order chi connectivity index (χ1) is 9.25. The van der Waals surface area contributed by atoms with E-state index >= 15 is 0 Å². The predicted octanol–water partition coefficient (Wildman–Crippen LogP) is 3.24. The molecule has 19 heavy (non-hydrogen) atoms. The molecular formula is C14H17N3OS. The second-order valence-electron chi connectivity index (χ2n) is 3.89. The van der Waals surface area contributed by atoms with E-state index in [9.17, 15) is 0 Å². The first kappa shape index (κ1) is 13.7. The number of benzene rings is 1. The van der Waals surface area contributed by atoms with Crippen molar-refractivity contribution in [2.45, 2.75) is 23.3 Å². The summed E-state index contributed by atoms with van der Waals surface area (Å²) in [5.74, 6) is 2.56. The van der Waals surface area contributed by atoms with Crippen molar-refractivity contribution in [3.8, 4) is 5.75 Å². The van der Waals surface area contributed by atoms with Crippen LogP contribution in [-0.2, 0) is 6.42 Å². The lowest BCUT2D eigenvalue weighted by Crippen LogP contribution is -2.00. The molecule has 1 aromatic heterocycles. The second-order valence-corrected chi connectivity index (χ2v) is 4.98. The summed E-state index contributed by atoms with van der Waals surface area (Å²) in [5.41, 5.74) is 0. The highest BCUT2D eigenvalue weighted by Gasteiger charge is 2.04. The monoisotopic (exact) mass is 275 g/mol. The fourth-order valence-electron chi connectivity index (χ4n) is 1.58. The second kappa shape index (κ2) is 6.43. The van der Waals surface area contributed by atoms with Crippen LogP contribution in [0.5, 0.6) is 5.75 Å². The molecule has 0 unspecified atom stereocenters. The van der Waals surface area contributed by atoms with Gasteiger partial charge in [0, 0.05) is 24.4 Å². The molecule has 1 aromatic carbocycles. The van der Waals surface area contributed by atoms with Crippen LogP contribution in [0.4, 0.5) is 5.82 Å². The number of rotatable bonds is 5. The van der Waals surface area contributed by atoms with Gasteiger partial charge in [-0.2, -0.15) is 0 Å². The Hall–Kier alpha value is -1.75. The van der Waals surface area contributed by atoms with E-state index in [4.69, 9.17) is 4.74 Å². The van der Waals surface area contributed by atoms with Gasteiger partial charge < -0.3 is 10.1 Å². The maximum Gasteiger partial charge on any atom is 0.131 e. The summed E-state index contributed by atoms with van der Waals surface area (Å²) in [6, 6.07) is 9.90. The summed E-state index contributed by atoms with van der Waals surface area (Å²) in [6.07, 6.45) is 0.825. The van der Waals surface area contributed by atoms with E-state index < -0.39 is 0 Å². The molecule has 100 valence electrons. The lowest BCUT2D eigenvalue weighted by molar-refractivity contribution is 0.414. The van der Waals surface area contributed by atoms with Crippen LogP contribution < -0.4 is 10.1 Å². The highest BCUT2D eigenvalue weighted by molar-refractivity contribution is 7.99.